The van der Waals surface area contributed by atoms with Crippen LogP contribution in [-0.4, -0.2) is 23.7 Å². The van der Waals surface area contributed by atoms with Gasteiger partial charge in [-0.25, -0.2) is 0 Å². The third-order valence-electron chi connectivity index (χ3n) is 3.17. The van der Waals surface area contributed by atoms with Crippen LogP contribution in [0.4, 0.5) is 0 Å². The average molecular weight is 240 g/mol. The molecule has 0 saturated carbocycles. The molecule has 4 heteroatoms. The van der Waals surface area contributed by atoms with E-state index in [0.29, 0.717) is 18.8 Å². The standard InChI is InChI=1S/C13H24N2O2/c1-5-13(6-2,9-14)12(17)15-11(8-16)7-10(3)4/h10-11,16H,5-8H2,1-4H3,(H,15,17). The van der Waals surface area contributed by atoms with E-state index in [-0.39, 0.29) is 18.6 Å². The number of nitrogens with zero attached hydrogens (tertiary/aromatic N) is 1. The minimum Gasteiger partial charge on any atom is -0.394 e. The number of carbonyl (C=O) groups is 1. The Kier molecular flexibility index (Phi) is 6.82. The number of rotatable bonds is 7. The van der Waals surface area contributed by atoms with Gasteiger partial charge < -0.3 is 10.4 Å². The topological polar surface area (TPSA) is 73.1 Å². The second-order valence-electron chi connectivity index (χ2n) is 4.88. The highest BCUT2D eigenvalue weighted by Gasteiger charge is 2.35. The number of aliphatic hydroxyl groups excluding tert-OH is 1. The Morgan fingerprint density at radius 1 is 1.41 bits per heavy atom. The molecule has 0 bridgehead atoms. The molecule has 17 heavy (non-hydrogen) atoms. The van der Waals surface area contributed by atoms with Crippen molar-refractivity contribution in [2.75, 3.05) is 6.61 Å². The first-order chi connectivity index (χ1) is 7.95. The molecule has 1 amide bonds. The van der Waals surface area contributed by atoms with Gasteiger partial charge in [0.25, 0.3) is 0 Å². The zero-order chi connectivity index (χ0) is 13.5. The van der Waals surface area contributed by atoms with Crippen LogP contribution in [0.25, 0.3) is 0 Å². The summed E-state index contributed by atoms with van der Waals surface area (Å²) in [5.41, 5.74) is -0.954. The van der Waals surface area contributed by atoms with Gasteiger partial charge in [-0.1, -0.05) is 27.7 Å². The van der Waals surface area contributed by atoms with Gasteiger partial charge in [0, 0.05) is 0 Å². The molecule has 0 rings (SSSR count). The van der Waals surface area contributed by atoms with Crippen molar-refractivity contribution < 1.29 is 9.90 Å². The Labute approximate surface area is 104 Å². The molecule has 0 aliphatic heterocycles. The molecule has 0 spiro atoms. The van der Waals surface area contributed by atoms with Crippen molar-refractivity contribution in [2.45, 2.75) is 53.0 Å². The Morgan fingerprint density at radius 3 is 2.24 bits per heavy atom. The average Bonchev–Trinajstić information content (AvgIpc) is 2.30. The fourth-order valence-electron chi connectivity index (χ4n) is 1.85. The van der Waals surface area contributed by atoms with Crippen LogP contribution in [0.15, 0.2) is 0 Å². The van der Waals surface area contributed by atoms with E-state index >= 15 is 0 Å². The highest BCUT2D eigenvalue weighted by molar-refractivity contribution is 5.85. The van der Waals surface area contributed by atoms with Gasteiger partial charge in [0.05, 0.1) is 18.7 Å². The molecule has 0 aromatic heterocycles. The van der Waals surface area contributed by atoms with Crippen LogP contribution in [0.5, 0.6) is 0 Å². The number of nitriles is 1. The van der Waals surface area contributed by atoms with Crippen LogP contribution in [0.3, 0.4) is 0 Å². The highest BCUT2D eigenvalue weighted by Crippen LogP contribution is 2.25. The van der Waals surface area contributed by atoms with Crippen LogP contribution in [0.1, 0.15) is 47.0 Å². The lowest BCUT2D eigenvalue weighted by molar-refractivity contribution is -0.129. The summed E-state index contributed by atoms with van der Waals surface area (Å²) in [6, 6.07) is 1.85. The Balaban J connectivity index is 4.65. The number of carbonyl (C=O) groups excluding carboxylic acids is 1. The molecule has 4 nitrogen and oxygen atoms in total. The fraction of sp³-hybridized carbons (Fsp3) is 0.846. The molecule has 0 fully saturated rings. The summed E-state index contributed by atoms with van der Waals surface area (Å²) in [6.07, 6.45) is 1.70. The SMILES string of the molecule is CCC(C#N)(CC)C(=O)NC(CO)CC(C)C. The zero-order valence-electron chi connectivity index (χ0n) is 11.3. The summed E-state index contributed by atoms with van der Waals surface area (Å²) in [4.78, 5) is 12.1. The maximum absolute atomic E-state index is 12.1. The molecule has 1 unspecified atom stereocenters. The van der Waals surface area contributed by atoms with E-state index in [4.69, 9.17) is 5.26 Å². The number of hydrogen-bond donors (Lipinski definition) is 2. The van der Waals surface area contributed by atoms with Crippen LogP contribution in [-0.2, 0) is 4.79 Å². The maximum Gasteiger partial charge on any atom is 0.240 e. The van der Waals surface area contributed by atoms with Crippen molar-refractivity contribution in [1.82, 2.24) is 5.32 Å². The number of aliphatic hydroxyl groups is 1. The Bertz CT molecular complexity index is 278. The van der Waals surface area contributed by atoms with Crippen LogP contribution < -0.4 is 5.32 Å². The third-order valence-corrected chi connectivity index (χ3v) is 3.17. The lowest BCUT2D eigenvalue weighted by Crippen LogP contribution is -2.46. The number of amides is 1. The van der Waals surface area contributed by atoms with Gasteiger partial charge in [-0.2, -0.15) is 5.26 Å². The third kappa shape index (κ3) is 4.35. The van der Waals surface area contributed by atoms with Gasteiger partial charge in [0.15, 0.2) is 0 Å². The van der Waals surface area contributed by atoms with Crippen molar-refractivity contribution in [3.63, 3.8) is 0 Å². The van der Waals surface area contributed by atoms with Gasteiger partial charge in [-0.3, -0.25) is 4.79 Å². The molecule has 0 aliphatic rings. The van der Waals surface area contributed by atoms with E-state index in [2.05, 4.69) is 11.4 Å². The predicted octanol–water partition coefficient (Wildman–Crippen LogP) is 1.84. The highest BCUT2D eigenvalue weighted by atomic mass is 16.3. The van der Waals surface area contributed by atoms with E-state index in [1.54, 1.807) is 0 Å². The second kappa shape index (κ2) is 7.29. The van der Waals surface area contributed by atoms with Crippen LogP contribution >= 0.6 is 0 Å². The first kappa shape index (κ1) is 15.9. The summed E-state index contributed by atoms with van der Waals surface area (Å²) in [7, 11) is 0. The normalized spacial score (nSPS) is 13.2. The maximum atomic E-state index is 12.1. The molecule has 0 aromatic rings. The van der Waals surface area contributed by atoms with E-state index < -0.39 is 5.41 Å². The van der Waals surface area contributed by atoms with Gasteiger partial charge >= 0.3 is 0 Å². The first-order valence-corrected chi connectivity index (χ1v) is 6.28. The smallest absolute Gasteiger partial charge is 0.240 e. The Hall–Kier alpha value is -1.08. The largest absolute Gasteiger partial charge is 0.394 e. The van der Waals surface area contributed by atoms with Crippen LogP contribution in [0, 0.1) is 22.7 Å². The summed E-state index contributed by atoms with van der Waals surface area (Å²) < 4.78 is 0. The van der Waals surface area contributed by atoms with Gasteiger partial charge in [0.2, 0.25) is 5.91 Å². The minimum atomic E-state index is -0.954. The summed E-state index contributed by atoms with van der Waals surface area (Å²) in [5, 5.41) is 21.1. The molecule has 1 atom stereocenters. The summed E-state index contributed by atoms with van der Waals surface area (Å²) >= 11 is 0. The number of nitrogens with one attached hydrogen (secondary N) is 1. The molecule has 0 radical (unpaired) electrons. The second-order valence-corrected chi connectivity index (χ2v) is 4.88. The Morgan fingerprint density at radius 2 is 1.94 bits per heavy atom. The lowest BCUT2D eigenvalue weighted by atomic mass is 9.82. The molecule has 0 aliphatic carbocycles. The lowest BCUT2D eigenvalue weighted by Gasteiger charge is -2.26. The van der Waals surface area contributed by atoms with Crippen molar-refractivity contribution in [3.8, 4) is 6.07 Å². The van der Waals surface area contributed by atoms with Gasteiger partial charge in [-0.15, -0.1) is 0 Å². The molecular weight excluding hydrogens is 216 g/mol. The van der Waals surface area contributed by atoms with Crippen molar-refractivity contribution in [1.29, 1.82) is 5.26 Å². The predicted molar refractivity (Wildman–Crippen MR) is 67.1 cm³/mol. The first-order valence-electron chi connectivity index (χ1n) is 6.28. The van der Waals surface area contributed by atoms with Crippen LogP contribution in [0.2, 0.25) is 0 Å². The summed E-state index contributed by atoms with van der Waals surface area (Å²) in [5.74, 6) is 0.136. The molecule has 0 aromatic carbocycles. The van der Waals surface area contributed by atoms with Crippen molar-refractivity contribution in [3.05, 3.63) is 0 Å². The van der Waals surface area contributed by atoms with Crippen molar-refractivity contribution >= 4 is 5.91 Å². The van der Waals surface area contributed by atoms with Crippen molar-refractivity contribution in [2.24, 2.45) is 11.3 Å². The zero-order valence-corrected chi connectivity index (χ0v) is 11.3. The number of hydrogen-bond acceptors (Lipinski definition) is 3. The molecule has 0 heterocycles. The van der Waals surface area contributed by atoms with E-state index in [1.165, 1.54) is 0 Å². The molecule has 98 valence electrons. The fourth-order valence-corrected chi connectivity index (χ4v) is 1.85. The van der Waals surface area contributed by atoms with E-state index in [9.17, 15) is 9.90 Å². The minimum absolute atomic E-state index is 0.0845. The molecular formula is C13H24N2O2. The quantitative estimate of drug-likeness (QED) is 0.713. The molecule has 2 N–H and O–H groups in total. The van der Waals surface area contributed by atoms with Gasteiger partial charge in [-0.05, 0) is 25.2 Å². The monoisotopic (exact) mass is 240 g/mol. The summed E-state index contributed by atoms with van der Waals surface area (Å²) in [6.45, 7) is 7.66. The molecule has 0 saturated heterocycles. The van der Waals surface area contributed by atoms with E-state index in [0.717, 1.165) is 6.42 Å². The van der Waals surface area contributed by atoms with E-state index in [1.807, 2.05) is 27.7 Å². The van der Waals surface area contributed by atoms with Gasteiger partial charge in [0.1, 0.15) is 5.41 Å².